The van der Waals surface area contributed by atoms with E-state index in [1.54, 1.807) is 18.8 Å². The minimum Gasteiger partial charge on any atom is -0.467 e. The molecule has 0 aliphatic heterocycles. The van der Waals surface area contributed by atoms with E-state index in [4.69, 9.17) is 4.42 Å². The predicted octanol–water partition coefficient (Wildman–Crippen LogP) is 2.42. The zero-order chi connectivity index (χ0) is 11.9. The van der Waals surface area contributed by atoms with Crippen molar-refractivity contribution in [3.05, 3.63) is 43.0 Å². The maximum atomic E-state index is 5.58. The average Bonchev–Trinajstić information content (AvgIpc) is 2.92. The number of aromatic nitrogens is 4. The van der Waals surface area contributed by atoms with Crippen LogP contribution >= 0.6 is 0 Å². The molecule has 1 fully saturated rings. The number of hydrogen-bond donors (Lipinski definition) is 0. The SMILES string of the molecule is c1coc(C(C2CC2)n2cnc3cncnc32)c1. The second-order valence-corrected chi connectivity index (χ2v) is 4.68. The molecule has 1 aliphatic carbocycles. The van der Waals surface area contributed by atoms with Gasteiger partial charge in [0.15, 0.2) is 5.65 Å². The van der Waals surface area contributed by atoms with Crippen molar-refractivity contribution in [1.82, 2.24) is 19.5 Å². The molecule has 4 rings (SSSR count). The molecule has 0 N–H and O–H groups in total. The van der Waals surface area contributed by atoms with Crippen molar-refractivity contribution in [2.45, 2.75) is 18.9 Å². The summed E-state index contributed by atoms with van der Waals surface area (Å²) in [6, 6.07) is 4.16. The molecule has 18 heavy (non-hydrogen) atoms. The van der Waals surface area contributed by atoms with Gasteiger partial charge in [-0.2, -0.15) is 0 Å². The van der Waals surface area contributed by atoms with Crippen LogP contribution in [-0.4, -0.2) is 19.5 Å². The van der Waals surface area contributed by atoms with E-state index < -0.39 is 0 Å². The summed E-state index contributed by atoms with van der Waals surface area (Å²) >= 11 is 0. The lowest BCUT2D eigenvalue weighted by atomic mass is 10.1. The first-order chi connectivity index (χ1) is 8.93. The summed E-state index contributed by atoms with van der Waals surface area (Å²) in [5.41, 5.74) is 1.70. The van der Waals surface area contributed by atoms with Crippen molar-refractivity contribution in [2.24, 2.45) is 5.92 Å². The van der Waals surface area contributed by atoms with Crippen molar-refractivity contribution < 1.29 is 4.42 Å². The zero-order valence-corrected chi connectivity index (χ0v) is 9.73. The molecule has 1 aliphatic rings. The van der Waals surface area contributed by atoms with Gasteiger partial charge in [0, 0.05) is 0 Å². The van der Waals surface area contributed by atoms with Crippen molar-refractivity contribution in [1.29, 1.82) is 0 Å². The fourth-order valence-electron chi connectivity index (χ4n) is 2.46. The van der Waals surface area contributed by atoms with Crippen LogP contribution in [0.1, 0.15) is 24.6 Å². The topological polar surface area (TPSA) is 56.7 Å². The first-order valence-electron chi connectivity index (χ1n) is 6.09. The molecule has 90 valence electrons. The molecule has 0 radical (unpaired) electrons. The Morgan fingerprint density at radius 3 is 3.06 bits per heavy atom. The standard InChI is InChI=1S/C13H12N4O/c1-2-11(18-5-1)12(9-3-4-9)17-8-16-10-6-14-7-15-13(10)17/h1-2,5-9,12H,3-4H2. The molecule has 0 bridgehead atoms. The summed E-state index contributed by atoms with van der Waals surface area (Å²) in [6.45, 7) is 0. The molecule has 1 saturated carbocycles. The lowest BCUT2D eigenvalue weighted by Crippen LogP contribution is -2.11. The number of rotatable bonds is 3. The van der Waals surface area contributed by atoms with Crippen LogP contribution in [0.3, 0.4) is 0 Å². The molecule has 3 aromatic heterocycles. The molecule has 0 amide bonds. The van der Waals surface area contributed by atoms with E-state index in [2.05, 4.69) is 19.5 Å². The van der Waals surface area contributed by atoms with Crippen molar-refractivity contribution >= 4 is 11.2 Å². The summed E-state index contributed by atoms with van der Waals surface area (Å²) in [5, 5.41) is 0. The van der Waals surface area contributed by atoms with Crippen LogP contribution in [0.4, 0.5) is 0 Å². The highest BCUT2D eigenvalue weighted by Crippen LogP contribution is 2.44. The van der Waals surface area contributed by atoms with E-state index in [1.807, 2.05) is 18.5 Å². The van der Waals surface area contributed by atoms with Gasteiger partial charge in [-0.3, -0.25) is 0 Å². The minimum absolute atomic E-state index is 0.208. The first-order valence-corrected chi connectivity index (χ1v) is 6.09. The highest BCUT2D eigenvalue weighted by atomic mass is 16.3. The molecule has 0 aromatic carbocycles. The van der Waals surface area contributed by atoms with Gasteiger partial charge in [-0.15, -0.1) is 0 Å². The fourth-order valence-corrected chi connectivity index (χ4v) is 2.46. The Bertz CT molecular complexity index is 669. The van der Waals surface area contributed by atoms with Gasteiger partial charge in [0.2, 0.25) is 0 Å². The van der Waals surface area contributed by atoms with Crippen LogP contribution in [0.2, 0.25) is 0 Å². The molecule has 1 unspecified atom stereocenters. The lowest BCUT2D eigenvalue weighted by Gasteiger charge is -2.15. The van der Waals surface area contributed by atoms with Crippen LogP contribution in [0.25, 0.3) is 11.2 Å². The monoisotopic (exact) mass is 240 g/mol. The van der Waals surface area contributed by atoms with Crippen LogP contribution in [0, 0.1) is 5.92 Å². The number of nitrogens with zero attached hydrogens (tertiary/aromatic N) is 4. The second kappa shape index (κ2) is 3.66. The van der Waals surface area contributed by atoms with Crippen LogP contribution in [0.15, 0.2) is 41.7 Å². The van der Waals surface area contributed by atoms with E-state index in [1.165, 1.54) is 12.8 Å². The zero-order valence-electron chi connectivity index (χ0n) is 9.73. The van der Waals surface area contributed by atoms with Crippen molar-refractivity contribution in [3.63, 3.8) is 0 Å². The first kappa shape index (κ1) is 9.82. The fraction of sp³-hybridized carbons (Fsp3) is 0.308. The maximum Gasteiger partial charge on any atom is 0.163 e. The Kier molecular flexibility index (Phi) is 2.00. The van der Waals surface area contributed by atoms with Gasteiger partial charge >= 0.3 is 0 Å². The van der Waals surface area contributed by atoms with Gasteiger partial charge in [-0.25, -0.2) is 15.0 Å². The highest BCUT2D eigenvalue weighted by molar-refractivity contribution is 5.69. The van der Waals surface area contributed by atoms with E-state index >= 15 is 0 Å². The third kappa shape index (κ3) is 1.44. The molecule has 1 atom stereocenters. The Morgan fingerprint density at radius 1 is 1.33 bits per heavy atom. The molecule has 0 saturated heterocycles. The molecule has 3 heterocycles. The summed E-state index contributed by atoms with van der Waals surface area (Å²) in [6.07, 6.45) is 9.33. The van der Waals surface area contributed by atoms with Crippen LogP contribution in [0.5, 0.6) is 0 Å². The van der Waals surface area contributed by atoms with Crippen molar-refractivity contribution in [2.75, 3.05) is 0 Å². The number of hydrogen-bond acceptors (Lipinski definition) is 4. The quantitative estimate of drug-likeness (QED) is 0.705. The van der Waals surface area contributed by atoms with E-state index in [9.17, 15) is 0 Å². The number of furan rings is 1. The van der Waals surface area contributed by atoms with Gasteiger partial charge in [-0.1, -0.05) is 0 Å². The van der Waals surface area contributed by atoms with E-state index in [-0.39, 0.29) is 6.04 Å². The van der Waals surface area contributed by atoms with Gasteiger partial charge < -0.3 is 8.98 Å². The predicted molar refractivity (Wildman–Crippen MR) is 64.9 cm³/mol. The molecule has 5 nitrogen and oxygen atoms in total. The minimum atomic E-state index is 0.208. The molecule has 5 heteroatoms. The normalized spacial score (nSPS) is 17.1. The lowest BCUT2D eigenvalue weighted by molar-refractivity contribution is 0.403. The Labute approximate surface area is 103 Å². The van der Waals surface area contributed by atoms with Crippen LogP contribution in [-0.2, 0) is 0 Å². The number of fused-ring (bicyclic) bond motifs is 1. The van der Waals surface area contributed by atoms with Crippen LogP contribution < -0.4 is 0 Å². The summed E-state index contributed by atoms with van der Waals surface area (Å²) in [5.74, 6) is 1.61. The van der Waals surface area contributed by atoms with Gasteiger partial charge in [-0.05, 0) is 30.9 Å². The van der Waals surface area contributed by atoms with Crippen molar-refractivity contribution in [3.8, 4) is 0 Å². The van der Waals surface area contributed by atoms with E-state index in [0.29, 0.717) is 5.92 Å². The third-order valence-electron chi connectivity index (χ3n) is 3.44. The smallest absolute Gasteiger partial charge is 0.163 e. The highest BCUT2D eigenvalue weighted by Gasteiger charge is 2.36. The second-order valence-electron chi connectivity index (χ2n) is 4.68. The Hall–Kier alpha value is -2.17. The summed E-state index contributed by atoms with van der Waals surface area (Å²) < 4.78 is 7.68. The van der Waals surface area contributed by atoms with Gasteiger partial charge in [0.25, 0.3) is 0 Å². The van der Waals surface area contributed by atoms with E-state index in [0.717, 1.165) is 16.9 Å². The molecular formula is C13H12N4O. The molecule has 3 aromatic rings. The summed E-state index contributed by atoms with van der Waals surface area (Å²) in [4.78, 5) is 12.7. The number of imidazole rings is 1. The Morgan fingerprint density at radius 2 is 2.28 bits per heavy atom. The van der Waals surface area contributed by atoms with Gasteiger partial charge in [0.1, 0.15) is 17.6 Å². The average molecular weight is 240 g/mol. The van der Waals surface area contributed by atoms with Gasteiger partial charge in [0.05, 0.1) is 24.8 Å². The largest absolute Gasteiger partial charge is 0.467 e. The maximum absolute atomic E-state index is 5.58. The summed E-state index contributed by atoms with van der Waals surface area (Å²) in [7, 11) is 0. The molecule has 0 spiro atoms. The molecular weight excluding hydrogens is 228 g/mol. The third-order valence-corrected chi connectivity index (χ3v) is 3.44. The Balaban J connectivity index is 1.88.